The van der Waals surface area contributed by atoms with Gasteiger partial charge < -0.3 is 4.98 Å². The minimum atomic E-state index is -0.276. The number of aromatic nitrogens is 1. The Morgan fingerprint density at radius 2 is 2.50 bits per heavy atom. The van der Waals surface area contributed by atoms with Gasteiger partial charge in [-0.2, -0.15) is 0 Å². The third-order valence-electron chi connectivity index (χ3n) is 1.23. The fourth-order valence-corrected chi connectivity index (χ4v) is 0.740. The van der Waals surface area contributed by atoms with E-state index in [-0.39, 0.29) is 5.24 Å². The molecule has 0 spiro atoms. The number of thiol groups is 1. The molecule has 1 rings (SSSR count). The van der Waals surface area contributed by atoms with E-state index in [0.717, 1.165) is 5.82 Å². The first-order chi connectivity index (χ1) is 4.72. The van der Waals surface area contributed by atoms with Crippen LogP contribution in [0.4, 0.5) is 10.6 Å². The number of nitrogens with one attached hydrogen (secondary N) is 1. The molecule has 0 fully saturated rings. The van der Waals surface area contributed by atoms with E-state index in [4.69, 9.17) is 0 Å². The molecule has 0 aliphatic heterocycles. The summed E-state index contributed by atoms with van der Waals surface area (Å²) in [5, 5.41) is -0.276. The second-order valence-electron chi connectivity index (χ2n) is 1.90. The van der Waals surface area contributed by atoms with E-state index in [0.29, 0.717) is 0 Å². The maximum Gasteiger partial charge on any atom is 0.283 e. The monoisotopic (exact) mass is 156 g/mol. The van der Waals surface area contributed by atoms with E-state index >= 15 is 0 Å². The molecule has 1 amide bonds. The minimum Gasteiger partial charge on any atom is -0.348 e. The molecule has 0 aliphatic rings. The average Bonchev–Trinajstić information content (AvgIpc) is 2.36. The third-order valence-corrected chi connectivity index (χ3v) is 1.53. The van der Waals surface area contributed by atoms with Crippen LogP contribution in [-0.2, 0) is 0 Å². The van der Waals surface area contributed by atoms with Crippen molar-refractivity contribution >= 4 is 23.7 Å². The highest BCUT2D eigenvalue weighted by Crippen LogP contribution is 2.08. The zero-order valence-corrected chi connectivity index (χ0v) is 6.43. The van der Waals surface area contributed by atoms with E-state index in [2.05, 4.69) is 17.6 Å². The predicted molar refractivity (Wildman–Crippen MR) is 43.6 cm³/mol. The summed E-state index contributed by atoms with van der Waals surface area (Å²) in [5.41, 5.74) is 0. The van der Waals surface area contributed by atoms with Gasteiger partial charge in [0.1, 0.15) is 5.82 Å². The lowest BCUT2D eigenvalue weighted by Gasteiger charge is -2.10. The van der Waals surface area contributed by atoms with Crippen molar-refractivity contribution in [1.29, 1.82) is 0 Å². The number of hydrogen-bond donors (Lipinski definition) is 2. The van der Waals surface area contributed by atoms with Gasteiger partial charge in [0, 0.05) is 13.2 Å². The minimum absolute atomic E-state index is 0.276. The Morgan fingerprint density at radius 1 is 1.80 bits per heavy atom. The molecule has 1 heterocycles. The second-order valence-corrected chi connectivity index (χ2v) is 2.28. The summed E-state index contributed by atoms with van der Waals surface area (Å²) in [5.74, 6) is 0.750. The lowest BCUT2D eigenvalue weighted by Crippen LogP contribution is -2.19. The second kappa shape index (κ2) is 2.79. The Labute approximate surface area is 64.4 Å². The van der Waals surface area contributed by atoms with Crippen LogP contribution < -0.4 is 4.90 Å². The van der Waals surface area contributed by atoms with Gasteiger partial charge in [-0.05, 0) is 12.1 Å². The highest BCUT2D eigenvalue weighted by Gasteiger charge is 2.04. The zero-order chi connectivity index (χ0) is 7.56. The maximum atomic E-state index is 10.6. The fourth-order valence-electron chi connectivity index (χ4n) is 0.633. The lowest BCUT2D eigenvalue weighted by atomic mass is 10.6. The third kappa shape index (κ3) is 1.33. The molecular weight excluding hydrogens is 148 g/mol. The van der Waals surface area contributed by atoms with E-state index in [1.807, 2.05) is 6.07 Å². The number of H-pyrrole nitrogens is 1. The SMILES string of the molecule is CN(C(=O)S)c1ccc[nH]1. The van der Waals surface area contributed by atoms with Crippen LogP contribution in [0.2, 0.25) is 0 Å². The summed E-state index contributed by atoms with van der Waals surface area (Å²) in [4.78, 5) is 14.9. The Balaban J connectivity index is 2.77. The van der Waals surface area contributed by atoms with Crippen molar-refractivity contribution in [2.24, 2.45) is 0 Å². The van der Waals surface area contributed by atoms with E-state index < -0.39 is 0 Å². The van der Waals surface area contributed by atoms with Gasteiger partial charge in [-0.15, -0.1) is 0 Å². The smallest absolute Gasteiger partial charge is 0.283 e. The first-order valence-corrected chi connectivity index (χ1v) is 3.26. The quantitative estimate of drug-likeness (QED) is 0.594. The Morgan fingerprint density at radius 3 is 2.90 bits per heavy atom. The first kappa shape index (κ1) is 7.21. The molecule has 0 bridgehead atoms. The van der Waals surface area contributed by atoms with Crippen molar-refractivity contribution in [2.45, 2.75) is 0 Å². The zero-order valence-electron chi connectivity index (χ0n) is 5.53. The topological polar surface area (TPSA) is 36.1 Å². The molecule has 0 saturated carbocycles. The fraction of sp³-hybridized carbons (Fsp3) is 0.167. The predicted octanol–water partition coefficient (Wildman–Crippen LogP) is 1.50. The molecule has 1 aromatic rings. The van der Waals surface area contributed by atoms with Gasteiger partial charge in [0.05, 0.1) is 0 Å². The van der Waals surface area contributed by atoms with Crippen molar-refractivity contribution in [3.05, 3.63) is 18.3 Å². The Hall–Kier alpha value is -0.900. The van der Waals surface area contributed by atoms with Gasteiger partial charge in [-0.25, -0.2) is 0 Å². The number of nitrogens with zero attached hydrogens (tertiary/aromatic N) is 1. The molecular formula is C6H8N2OS. The van der Waals surface area contributed by atoms with Crippen molar-refractivity contribution in [3.8, 4) is 0 Å². The van der Waals surface area contributed by atoms with E-state index in [9.17, 15) is 4.79 Å². The number of rotatable bonds is 1. The van der Waals surface area contributed by atoms with Crippen LogP contribution in [0.15, 0.2) is 18.3 Å². The maximum absolute atomic E-state index is 10.6. The van der Waals surface area contributed by atoms with Crippen molar-refractivity contribution in [1.82, 2.24) is 4.98 Å². The number of anilines is 1. The summed E-state index contributed by atoms with van der Waals surface area (Å²) in [6.07, 6.45) is 1.75. The lowest BCUT2D eigenvalue weighted by molar-refractivity contribution is 0.266. The molecule has 0 unspecified atom stereocenters. The molecule has 0 aromatic carbocycles. The average molecular weight is 156 g/mol. The molecule has 0 radical (unpaired) electrons. The van der Waals surface area contributed by atoms with Crippen molar-refractivity contribution in [2.75, 3.05) is 11.9 Å². The van der Waals surface area contributed by atoms with Gasteiger partial charge in [0.15, 0.2) is 0 Å². The van der Waals surface area contributed by atoms with Crippen LogP contribution in [0.25, 0.3) is 0 Å². The number of carbonyl (C=O) groups is 1. The highest BCUT2D eigenvalue weighted by atomic mass is 32.1. The first-order valence-electron chi connectivity index (χ1n) is 2.82. The number of carbonyl (C=O) groups excluding carboxylic acids is 1. The van der Waals surface area contributed by atoms with Crippen LogP contribution in [0.1, 0.15) is 0 Å². The molecule has 10 heavy (non-hydrogen) atoms. The molecule has 3 nitrogen and oxygen atoms in total. The number of aromatic amines is 1. The Bertz CT molecular complexity index is 220. The number of amides is 1. The van der Waals surface area contributed by atoms with Crippen molar-refractivity contribution in [3.63, 3.8) is 0 Å². The van der Waals surface area contributed by atoms with Gasteiger partial charge in [0.25, 0.3) is 5.24 Å². The van der Waals surface area contributed by atoms with Crippen LogP contribution in [-0.4, -0.2) is 17.3 Å². The van der Waals surface area contributed by atoms with Gasteiger partial charge in [0.2, 0.25) is 0 Å². The molecule has 1 aromatic heterocycles. The van der Waals surface area contributed by atoms with Crippen LogP contribution in [0.3, 0.4) is 0 Å². The molecule has 0 atom stereocenters. The standard InChI is InChI=1S/C6H8N2OS/c1-8(6(9)10)5-3-2-4-7-5/h2-4,7H,1H3,(H,9,10). The molecule has 54 valence electrons. The van der Waals surface area contributed by atoms with Crippen molar-refractivity contribution < 1.29 is 4.79 Å². The van der Waals surface area contributed by atoms with E-state index in [1.54, 1.807) is 19.3 Å². The van der Waals surface area contributed by atoms with Crippen LogP contribution >= 0.6 is 12.6 Å². The molecule has 4 heteroatoms. The largest absolute Gasteiger partial charge is 0.348 e. The van der Waals surface area contributed by atoms with Gasteiger partial charge >= 0.3 is 0 Å². The summed E-state index contributed by atoms with van der Waals surface area (Å²) in [6.45, 7) is 0. The van der Waals surface area contributed by atoms with Crippen LogP contribution in [0, 0.1) is 0 Å². The van der Waals surface area contributed by atoms with E-state index in [1.165, 1.54) is 4.90 Å². The molecule has 0 aliphatic carbocycles. The molecule has 1 N–H and O–H groups in total. The summed E-state index contributed by atoms with van der Waals surface area (Å²) in [7, 11) is 1.65. The Kier molecular flexibility index (Phi) is 2.01. The summed E-state index contributed by atoms with van der Waals surface area (Å²) >= 11 is 3.65. The molecule has 0 saturated heterocycles. The summed E-state index contributed by atoms with van der Waals surface area (Å²) in [6, 6.07) is 3.62. The number of hydrogen-bond acceptors (Lipinski definition) is 1. The van der Waals surface area contributed by atoms with Gasteiger partial charge in [-0.3, -0.25) is 9.69 Å². The van der Waals surface area contributed by atoms with Crippen LogP contribution in [0.5, 0.6) is 0 Å². The summed E-state index contributed by atoms with van der Waals surface area (Å²) < 4.78 is 0. The van der Waals surface area contributed by atoms with Gasteiger partial charge in [-0.1, -0.05) is 12.6 Å². The highest BCUT2D eigenvalue weighted by molar-refractivity contribution is 7.96. The normalized spacial score (nSPS) is 9.40.